The van der Waals surface area contributed by atoms with E-state index in [4.69, 9.17) is 0 Å². The van der Waals surface area contributed by atoms with E-state index in [9.17, 15) is 8.42 Å². The molecule has 0 atom stereocenters. The van der Waals surface area contributed by atoms with Crippen LogP contribution in [0.15, 0.2) is 27.1 Å². The molecule has 0 fully saturated rings. The van der Waals surface area contributed by atoms with Crippen LogP contribution in [0.5, 0.6) is 0 Å². The van der Waals surface area contributed by atoms with Crippen LogP contribution in [-0.4, -0.2) is 26.5 Å². The van der Waals surface area contributed by atoms with Crippen LogP contribution >= 0.6 is 31.9 Å². The standard InChI is InChI=1S/C10H13Br2NO2S/c1-2-16(14,15)6-5-13-10-7-8(11)3-4-9(10)12/h3-4,7,13H,2,5-6H2,1H3. The van der Waals surface area contributed by atoms with Crippen LogP contribution in [0.25, 0.3) is 0 Å². The Morgan fingerprint density at radius 1 is 1.31 bits per heavy atom. The molecule has 90 valence electrons. The number of halogens is 2. The van der Waals surface area contributed by atoms with Gasteiger partial charge in [0.1, 0.15) is 0 Å². The van der Waals surface area contributed by atoms with Crippen LogP contribution in [0.3, 0.4) is 0 Å². The molecule has 1 rings (SSSR count). The van der Waals surface area contributed by atoms with Gasteiger partial charge in [0.05, 0.1) is 5.75 Å². The Morgan fingerprint density at radius 2 is 2.00 bits per heavy atom. The van der Waals surface area contributed by atoms with Crippen LogP contribution < -0.4 is 5.32 Å². The van der Waals surface area contributed by atoms with Crippen molar-refractivity contribution >= 4 is 47.4 Å². The van der Waals surface area contributed by atoms with Crippen LogP contribution in [-0.2, 0) is 9.84 Å². The van der Waals surface area contributed by atoms with Crippen molar-refractivity contribution in [1.82, 2.24) is 0 Å². The highest BCUT2D eigenvalue weighted by Gasteiger charge is 2.07. The quantitative estimate of drug-likeness (QED) is 0.866. The van der Waals surface area contributed by atoms with E-state index in [1.54, 1.807) is 6.92 Å². The predicted molar refractivity (Wildman–Crippen MR) is 74.7 cm³/mol. The van der Waals surface area contributed by atoms with Crippen molar-refractivity contribution < 1.29 is 8.42 Å². The van der Waals surface area contributed by atoms with E-state index >= 15 is 0 Å². The maximum atomic E-state index is 11.3. The Bertz CT molecular complexity index is 460. The molecule has 3 nitrogen and oxygen atoms in total. The third-order valence-electron chi connectivity index (χ3n) is 2.10. The molecule has 0 heterocycles. The molecule has 0 aliphatic carbocycles. The first-order valence-corrected chi connectivity index (χ1v) is 8.24. The third kappa shape index (κ3) is 4.43. The largest absolute Gasteiger partial charge is 0.383 e. The lowest BCUT2D eigenvalue weighted by molar-refractivity contribution is 0.597. The molecule has 0 saturated heterocycles. The zero-order valence-corrected chi connectivity index (χ0v) is 12.8. The number of rotatable bonds is 5. The number of nitrogens with one attached hydrogen (secondary N) is 1. The summed E-state index contributed by atoms with van der Waals surface area (Å²) in [5, 5.41) is 3.09. The van der Waals surface area contributed by atoms with Gasteiger partial charge in [-0.15, -0.1) is 0 Å². The molecule has 0 saturated carbocycles. The van der Waals surface area contributed by atoms with Crippen molar-refractivity contribution in [3.05, 3.63) is 27.1 Å². The molecule has 0 unspecified atom stereocenters. The van der Waals surface area contributed by atoms with Crippen LogP contribution in [0, 0.1) is 0 Å². The van der Waals surface area contributed by atoms with E-state index in [0.717, 1.165) is 14.6 Å². The molecule has 0 aliphatic heterocycles. The second kappa shape index (κ2) is 6.02. The van der Waals surface area contributed by atoms with Crippen LogP contribution in [0.4, 0.5) is 5.69 Å². The molecule has 16 heavy (non-hydrogen) atoms. The van der Waals surface area contributed by atoms with Crippen molar-refractivity contribution in [2.45, 2.75) is 6.92 Å². The first-order valence-electron chi connectivity index (χ1n) is 4.84. The van der Waals surface area contributed by atoms with Gasteiger partial charge < -0.3 is 5.32 Å². The zero-order valence-electron chi connectivity index (χ0n) is 8.83. The van der Waals surface area contributed by atoms with E-state index in [0.29, 0.717) is 6.54 Å². The fraction of sp³-hybridized carbons (Fsp3) is 0.400. The van der Waals surface area contributed by atoms with Gasteiger partial charge in [-0.3, -0.25) is 0 Å². The predicted octanol–water partition coefficient (Wildman–Crippen LogP) is 3.06. The van der Waals surface area contributed by atoms with Crippen molar-refractivity contribution in [3.63, 3.8) is 0 Å². The molecule has 1 aromatic rings. The summed E-state index contributed by atoms with van der Waals surface area (Å²) in [6.45, 7) is 2.08. The van der Waals surface area contributed by atoms with E-state index < -0.39 is 9.84 Å². The molecule has 0 aromatic heterocycles. The minimum absolute atomic E-state index is 0.155. The molecular formula is C10H13Br2NO2S. The lowest BCUT2D eigenvalue weighted by atomic mass is 10.3. The second-order valence-electron chi connectivity index (χ2n) is 3.29. The van der Waals surface area contributed by atoms with E-state index in [-0.39, 0.29) is 11.5 Å². The van der Waals surface area contributed by atoms with Gasteiger partial charge in [-0.2, -0.15) is 0 Å². The highest BCUT2D eigenvalue weighted by molar-refractivity contribution is 9.11. The van der Waals surface area contributed by atoms with Crippen molar-refractivity contribution in [2.75, 3.05) is 23.4 Å². The lowest BCUT2D eigenvalue weighted by Crippen LogP contribution is -2.17. The summed E-state index contributed by atoms with van der Waals surface area (Å²) in [6, 6.07) is 5.72. The van der Waals surface area contributed by atoms with E-state index in [1.807, 2.05) is 18.2 Å². The summed E-state index contributed by atoms with van der Waals surface area (Å²) in [7, 11) is -2.90. The first kappa shape index (κ1) is 14.0. The van der Waals surface area contributed by atoms with Gasteiger partial charge in [0.25, 0.3) is 0 Å². The zero-order chi connectivity index (χ0) is 12.2. The van der Waals surface area contributed by atoms with Crippen molar-refractivity contribution in [3.8, 4) is 0 Å². The highest BCUT2D eigenvalue weighted by atomic mass is 79.9. The monoisotopic (exact) mass is 369 g/mol. The lowest BCUT2D eigenvalue weighted by Gasteiger charge is -2.08. The Hall–Kier alpha value is -0.0700. The van der Waals surface area contributed by atoms with E-state index in [2.05, 4.69) is 37.2 Å². The van der Waals surface area contributed by atoms with Gasteiger partial charge in [0.2, 0.25) is 0 Å². The second-order valence-corrected chi connectivity index (χ2v) is 7.53. The van der Waals surface area contributed by atoms with Crippen LogP contribution in [0.1, 0.15) is 6.92 Å². The molecule has 1 N–H and O–H groups in total. The maximum absolute atomic E-state index is 11.3. The molecule has 6 heteroatoms. The summed E-state index contributed by atoms with van der Waals surface area (Å²) in [5.74, 6) is 0.344. The Kier molecular flexibility index (Phi) is 5.27. The topological polar surface area (TPSA) is 46.2 Å². The summed E-state index contributed by atoms with van der Waals surface area (Å²) in [5.41, 5.74) is 0.890. The van der Waals surface area contributed by atoms with Gasteiger partial charge >= 0.3 is 0 Å². The molecule has 0 bridgehead atoms. The van der Waals surface area contributed by atoms with Gasteiger partial charge in [-0.25, -0.2) is 8.42 Å². The number of benzene rings is 1. The molecule has 0 amide bonds. The van der Waals surface area contributed by atoms with Crippen molar-refractivity contribution in [1.29, 1.82) is 0 Å². The molecule has 0 spiro atoms. The molecule has 1 aromatic carbocycles. The average molecular weight is 371 g/mol. The Labute approximate surface area is 113 Å². The first-order chi connectivity index (χ1) is 7.44. The number of hydrogen-bond donors (Lipinski definition) is 1. The smallest absolute Gasteiger partial charge is 0.151 e. The maximum Gasteiger partial charge on any atom is 0.151 e. The fourth-order valence-corrected chi connectivity index (χ4v) is 2.57. The Morgan fingerprint density at radius 3 is 2.62 bits per heavy atom. The minimum atomic E-state index is -2.90. The van der Waals surface area contributed by atoms with Gasteiger partial charge in [-0.05, 0) is 34.1 Å². The SMILES string of the molecule is CCS(=O)(=O)CCNc1cc(Br)ccc1Br. The number of anilines is 1. The molecule has 0 radical (unpaired) electrons. The molecular weight excluding hydrogens is 358 g/mol. The summed E-state index contributed by atoms with van der Waals surface area (Å²) >= 11 is 6.76. The van der Waals surface area contributed by atoms with Gasteiger partial charge in [-0.1, -0.05) is 22.9 Å². The average Bonchev–Trinajstić information content (AvgIpc) is 2.23. The van der Waals surface area contributed by atoms with E-state index in [1.165, 1.54) is 0 Å². The van der Waals surface area contributed by atoms with Crippen LogP contribution in [0.2, 0.25) is 0 Å². The van der Waals surface area contributed by atoms with Crippen molar-refractivity contribution in [2.24, 2.45) is 0 Å². The van der Waals surface area contributed by atoms with Gasteiger partial charge in [0, 0.05) is 26.9 Å². The highest BCUT2D eigenvalue weighted by Crippen LogP contribution is 2.25. The third-order valence-corrected chi connectivity index (χ3v) is 4.99. The number of hydrogen-bond acceptors (Lipinski definition) is 3. The fourth-order valence-electron chi connectivity index (χ4n) is 1.12. The summed E-state index contributed by atoms with van der Waals surface area (Å²) in [4.78, 5) is 0. The minimum Gasteiger partial charge on any atom is -0.383 e. The summed E-state index contributed by atoms with van der Waals surface area (Å²) in [6.07, 6.45) is 0. The molecule has 0 aliphatic rings. The Balaban J connectivity index is 2.59. The normalized spacial score (nSPS) is 11.4. The van der Waals surface area contributed by atoms with Gasteiger partial charge in [0.15, 0.2) is 9.84 Å². The number of sulfone groups is 1. The summed E-state index contributed by atoms with van der Waals surface area (Å²) < 4.78 is 24.4.